The molecule has 2 atom stereocenters. The molecule has 4 heteroatoms. The summed E-state index contributed by atoms with van der Waals surface area (Å²) in [5.74, 6) is -0.348. The molecule has 1 amide bonds. The van der Waals surface area contributed by atoms with Crippen molar-refractivity contribution in [3.8, 4) is 0 Å². The number of carboxylic acids is 1. The smallest absolute Gasteiger partial charge is 0.307 e. The largest absolute Gasteiger partial charge is 0.481 e. The van der Waals surface area contributed by atoms with Gasteiger partial charge in [0.25, 0.3) is 0 Å². The number of nitrogens with one attached hydrogen (secondary N) is 1. The highest BCUT2D eigenvalue weighted by Crippen LogP contribution is 2.49. The minimum Gasteiger partial charge on any atom is -0.481 e. The third-order valence-electron chi connectivity index (χ3n) is 6.10. The lowest BCUT2D eigenvalue weighted by molar-refractivity contribution is -0.158. The second-order valence-corrected chi connectivity index (χ2v) is 7.31. The van der Waals surface area contributed by atoms with Crippen LogP contribution in [0.1, 0.15) is 57.8 Å². The van der Waals surface area contributed by atoms with Crippen LogP contribution in [0.25, 0.3) is 0 Å². The van der Waals surface area contributed by atoms with Gasteiger partial charge in [-0.3, -0.25) is 9.59 Å². The van der Waals surface area contributed by atoms with Gasteiger partial charge in [-0.1, -0.05) is 19.3 Å². The van der Waals surface area contributed by atoms with Crippen LogP contribution in [-0.4, -0.2) is 23.5 Å². The predicted molar refractivity (Wildman–Crippen MR) is 79.6 cm³/mol. The van der Waals surface area contributed by atoms with Crippen LogP contribution in [0.2, 0.25) is 0 Å². The maximum Gasteiger partial charge on any atom is 0.307 e. The molecule has 0 aromatic heterocycles. The number of hydrogen-bond donors (Lipinski definition) is 2. The molecular weight excluding hydrogens is 266 g/mol. The fourth-order valence-corrected chi connectivity index (χ4v) is 4.94. The van der Waals surface area contributed by atoms with Gasteiger partial charge < -0.3 is 10.4 Å². The van der Waals surface area contributed by atoms with Gasteiger partial charge in [-0.15, -0.1) is 0 Å². The van der Waals surface area contributed by atoms with Gasteiger partial charge in [0.15, 0.2) is 0 Å². The minimum atomic E-state index is -0.762. The van der Waals surface area contributed by atoms with Gasteiger partial charge in [-0.2, -0.15) is 0 Å². The van der Waals surface area contributed by atoms with E-state index < -0.39 is 11.9 Å². The second kappa shape index (κ2) is 6.37. The standard InChI is InChI=1S/C17H27NO3/c19-16(18-10-11-4-2-1-3-5-11)14-12-6-8-13(9-7-12)15(14)17(20)21/h11-15H,1-10H2,(H,18,19)(H,20,21)/t12?,13?,14-,15+/m0/s1. The van der Waals surface area contributed by atoms with E-state index >= 15 is 0 Å². The molecule has 2 bridgehead atoms. The Balaban J connectivity index is 1.60. The highest BCUT2D eigenvalue weighted by molar-refractivity contribution is 5.85. The Hall–Kier alpha value is -1.06. The van der Waals surface area contributed by atoms with Crippen LogP contribution < -0.4 is 5.32 Å². The highest BCUT2D eigenvalue weighted by atomic mass is 16.4. The molecular formula is C17H27NO3. The third kappa shape index (κ3) is 3.09. The number of rotatable bonds is 4. The van der Waals surface area contributed by atoms with Crippen molar-refractivity contribution in [1.82, 2.24) is 5.32 Å². The number of carboxylic acid groups (broad SMARTS) is 1. The fraction of sp³-hybridized carbons (Fsp3) is 0.882. The van der Waals surface area contributed by atoms with Crippen LogP contribution in [0, 0.1) is 29.6 Å². The maximum absolute atomic E-state index is 12.6. The monoisotopic (exact) mass is 293 g/mol. The minimum absolute atomic E-state index is 0.0161. The molecule has 4 rings (SSSR count). The molecule has 4 fully saturated rings. The van der Waals surface area contributed by atoms with Crippen LogP contribution in [0.4, 0.5) is 0 Å². The molecule has 0 radical (unpaired) electrons. The van der Waals surface area contributed by atoms with Crippen molar-refractivity contribution >= 4 is 11.9 Å². The van der Waals surface area contributed by atoms with E-state index in [9.17, 15) is 14.7 Å². The summed E-state index contributed by atoms with van der Waals surface area (Å²) in [7, 11) is 0. The van der Waals surface area contributed by atoms with Gasteiger partial charge in [0.2, 0.25) is 5.91 Å². The summed E-state index contributed by atoms with van der Waals surface area (Å²) < 4.78 is 0. The second-order valence-electron chi connectivity index (χ2n) is 7.31. The summed E-state index contributed by atoms with van der Waals surface area (Å²) in [6, 6.07) is 0. The van der Waals surface area contributed by atoms with Crippen molar-refractivity contribution in [3.05, 3.63) is 0 Å². The van der Waals surface area contributed by atoms with Crippen LogP contribution in [0.3, 0.4) is 0 Å². The number of fused-ring (bicyclic) bond motifs is 3. The van der Waals surface area contributed by atoms with Crippen molar-refractivity contribution < 1.29 is 14.7 Å². The number of hydrogen-bond acceptors (Lipinski definition) is 2. The lowest BCUT2D eigenvalue weighted by atomic mass is 9.58. The van der Waals surface area contributed by atoms with Crippen molar-refractivity contribution in [2.45, 2.75) is 57.8 Å². The molecule has 21 heavy (non-hydrogen) atoms. The van der Waals surface area contributed by atoms with Gasteiger partial charge >= 0.3 is 5.97 Å². The van der Waals surface area contributed by atoms with E-state index in [0.717, 1.165) is 32.2 Å². The molecule has 0 unspecified atom stereocenters. The first-order chi connectivity index (χ1) is 10.2. The summed E-state index contributed by atoms with van der Waals surface area (Å²) >= 11 is 0. The highest BCUT2D eigenvalue weighted by Gasteiger charge is 2.50. The van der Waals surface area contributed by atoms with E-state index in [4.69, 9.17) is 0 Å². The van der Waals surface area contributed by atoms with Gasteiger partial charge in [0.1, 0.15) is 0 Å². The number of amides is 1. The Bertz CT molecular complexity index is 395. The summed E-state index contributed by atoms with van der Waals surface area (Å²) in [5, 5.41) is 12.6. The Morgan fingerprint density at radius 2 is 1.43 bits per heavy atom. The summed E-state index contributed by atoms with van der Waals surface area (Å²) in [5.41, 5.74) is 0. The van der Waals surface area contributed by atoms with E-state index in [-0.39, 0.29) is 17.7 Å². The Labute approximate surface area is 126 Å². The van der Waals surface area contributed by atoms with Gasteiger partial charge in [-0.25, -0.2) is 0 Å². The molecule has 4 aliphatic carbocycles. The normalized spacial score (nSPS) is 36.4. The topological polar surface area (TPSA) is 66.4 Å². The Morgan fingerprint density at radius 3 is 2.00 bits per heavy atom. The van der Waals surface area contributed by atoms with Crippen molar-refractivity contribution in [2.24, 2.45) is 29.6 Å². The molecule has 0 aromatic carbocycles. The van der Waals surface area contributed by atoms with E-state index in [0.29, 0.717) is 11.8 Å². The molecule has 0 aromatic rings. The number of carbonyl (C=O) groups excluding carboxylic acids is 1. The van der Waals surface area contributed by atoms with Gasteiger partial charge in [0.05, 0.1) is 11.8 Å². The predicted octanol–water partition coefficient (Wildman–Crippen LogP) is 2.82. The molecule has 4 saturated carbocycles. The summed E-state index contributed by atoms with van der Waals surface area (Å²) in [4.78, 5) is 24.2. The molecule has 0 spiro atoms. The van der Waals surface area contributed by atoms with Crippen LogP contribution in [-0.2, 0) is 9.59 Å². The number of aliphatic carboxylic acids is 1. The molecule has 2 N–H and O–H groups in total. The lowest BCUT2D eigenvalue weighted by Crippen LogP contribution is -2.51. The third-order valence-corrected chi connectivity index (χ3v) is 6.10. The first-order valence-corrected chi connectivity index (χ1v) is 8.67. The van der Waals surface area contributed by atoms with E-state index in [1.165, 1.54) is 32.1 Å². The molecule has 4 nitrogen and oxygen atoms in total. The zero-order valence-electron chi connectivity index (χ0n) is 12.7. The van der Waals surface area contributed by atoms with Crippen LogP contribution >= 0.6 is 0 Å². The average molecular weight is 293 g/mol. The zero-order valence-corrected chi connectivity index (χ0v) is 12.7. The van der Waals surface area contributed by atoms with Crippen molar-refractivity contribution in [2.75, 3.05) is 6.54 Å². The fourth-order valence-electron chi connectivity index (χ4n) is 4.94. The molecule has 0 heterocycles. The van der Waals surface area contributed by atoms with E-state index in [1.807, 2.05) is 0 Å². The SMILES string of the molecule is O=C(O)[C@@H]1C2CCC(CC2)[C@@H]1C(=O)NCC1CCCCC1. The van der Waals surface area contributed by atoms with Crippen molar-refractivity contribution in [3.63, 3.8) is 0 Å². The molecule has 4 aliphatic rings. The molecule has 0 saturated heterocycles. The van der Waals surface area contributed by atoms with Crippen LogP contribution in [0.5, 0.6) is 0 Å². The maximum atomic E-state index is 12.6. The quantitative estimate of drug-likeness (QED) is 0.837. The lowest BCUT2D eigenvalue weighted by Gasteiger charge is -2.45. The molecule has 0 aliphatic heterocycles. The Morgan fingerprint density at radius 1 is 0.857 bits per heavy atom. The van der Waals surface area contributed by atoms with Gasteiger partial charge in [-0.05, 0) is 56.3 Å². The summed E-state index contributed by atoms with van der Waals surface area (Å²) in [6.45, 7) is 0.749. The van der Waals surface area contributed by atoms with E-state index in [1.54, 1.807) is 0 Å². The average Bonchev–Trinajstić information content (AvgIpc) is 2.53. The van der Waals surface area contributed by atoms with Crippen molar-refractivity contribution in [1.29, 1.82) is 0 Å². The number of carbonyl (C=O) groups is 2. The van der Waals surface area contributed by atoms with Crippen LogP contribution in [0.15, 0.2) is 0 Å². The van der Waals surface area contributed by atoms with E-state index in [2.05, 4.69) is 5.32 Å². The zero-order chi connectivity index (χ0) is 14.8. The Kier molecular flexibility index (Phi) is 4.51. The molecule has 118 valence electrons. The first-order valence-electron chi connectivity index (χ1n) is 8.67. The van der Waals surface area contributed by atoms with Gasteiger partial charge in [0, 0.05) is 6.54 Å². The first kappa shape index (κ1) is 14.9. The summed E-state index contributed by atoms with van der Waals surface area (Å²) in [6.07, 6.45) is 10.3.